The van der Waals surface area contributed by atoms with Crippen molar-refractivity contribution in [3.05, 3.63) is 52.0 Å². The van der Waals surface area contributed by atoms with Crippen molar-refractivity contribution in [1.29, 1.82) is 0 Å². The zero-order valence-corrected chi connectivity index (χ0v) is 14.6. The second kappa shape index (κ2) is 6.34. The molecule has 3 rings (SSSR count). The first kappa shape index (κ1) is 16.6. The Balaban J connectivity index is 1.81. The van der Waals surface area contributed by atoms with Crippen LogP contribution in [-0.2, 0) is 15.4 Å². The van der Waals surface area contributed by atoms with Crippen molar-refractivity contribution in [3.8, 4) is 0 Å². The van der Waals surface area contributed by atoms with Gasteiger partial charge in [0.2, 0.25) is 10.0 Å². The number of aryl methyl sites for hydroxylation is 1. The first-order chi connectivity index (χ1) is 10.9. The monoisotopic (exact) mass is 353 g/mol. The molecule has 6 heteroatoms. The fourth-order valence-electron chi connectivity index (χ4n) is 3.29. The summed E-state index contributed by atoms with van der Waals surface area (Å²) in [4.78, 5) is 0.120. The molecule has 1 saturated carbocycles. The summed E-state index contributed by atoms with van der Waals surface area (Å²) in [7, 11) is -3.63. The number of benzene rings is 1. The second-order valence-electron chi connectivity index (χ2n) is 6.24. The molecular formula is C17H20FNO2S2. The maximum Gasteiger partial charge on any atom is 0.240 e. The number of nitrogens with one attached hydrogen (secondary N) is 1. The van der Waals surface area contributed by atoms with Gasteiger partial charge in [0.25, 0.3) is 0 Å². The topological polar surface area (TPSA) is 46.2 Å². The number of rotatable bonds is 5. The van der Waals surface area contributed by atoms with Gasteiger partial charge in [0, 0.05) is 12.0 Å². The van der Waals surface area contributed by atoms with Crippen LogP contribution in [0.1, 0.15) is 36.8 Å². The Kier molecular flexibility index (Phi) is 4.58. The molecule has 0 amide bonds. The minimum absolute atomic E-state index is 0.109. The van der Waals surface area contributed by atoms with E-state index in [2.05, 4.69) is 16.2 Å². The Hall–Kier alpha value is -1.24. The summed E-state index contributed by atoms with van der Waals surface area (Å²) in [5, 5.41) is 4.15. The van der Waals surface area contributed by atoms with Crippen LogP contribution in [0.2, 0.25) is 0 Å². The zero-order valence-electron chi connectivity index (χ0n) is 13.0. The molecule has 1 N–H and O–H groups in total. The van der Waals surface area contributed by atoms with Crippen LogP contribution in [0.15, 0.2) is 39.9 Å². The highest BCUT2D eigenvalue weighted by atomic mass is 32.2. The van der Waals surface area contributed by atoms with Crippen molar-refractivity contribution in [2.24, 2.45) is 0 Å². The summed E-state index contributed by atoms with van der Waals surface area (Å²) >= 11 is 1.64. The summed E-state index contributed by atoms with van der Waals surface area (Å²) in [6.45, 7) is 1.96. The van der Waals surface area contributed by atoms with Gasteiger partial charge < -0.3 is 0 Å². The van der Waals surface area contributed by atoms with Crippen LogP contribution < -0.4 is 4.72 Å². The Morgan fingerprint density at radius 2 is 2.00 bits per heavy atom. The van der Waals surface area contributed by atoms with E-state index in [0.29, 0.717) is 12.1 Å². The molecule has 0 unspecified atom stereocenters. The van der Waals surface area contributed by atoms with Gasteiger partial charge in [-0.2, -0.15) is 11.3 Å². The number of sulfonamides is 1. The van der Waals surface area contributed by atoms with E-state index in [1.807, 2.05) is 5.38 Å². The number of hydrogen-bond acceptors (Lipinski definition) is 3. The lowest BCUT2D eigenvalue weighted by Gasteiger charge is -2.28. The van der Waals surface area contributed by atoms with E-state index in [0.717, 1.165) is 25.7 Å². The van der Waals surface area contributed by atoms with Gasteiger partial charge in [-0.25, -0.2) is 17.5 Å². The number of thiophene rings is 1. The first-order valence-corrected chi connectivity index (χ1v) is 10.1. The number of hydrogen-bond donors (Lipinski definition) is 1. The normalized spacial score (nSPS) is 17.5. The quantitative estimate of drug-likeness (QED) is 0.883. The fraction of sp³-hybridized carbons (Fsp3) is 0.412. The molecule has 0 radical (unpaired) electrons. The average molecular weight is 353 g/mol. The Morgan fingerprint density at radius 3 is 2.61 bits per heavy atom. The molecule has 124 valence electrons. The minimum Gasteiger partial charge on any atom is -0.210 e. The summed E-state index contributed by atoms with van der Waals surface area (Å²) in [6, 6.07) is 5.99. The van der Waals surface area contributed by atoms with Gasteiger partial charge in [-0.15, -0.1) is 0 Å². The highest BCUT2D eigenvalue weighted by Crippen LogP contribution is 2.41. The predicted octanol–water partition coefficient (Wildman–Crippen LogP) is 3.99. The van der Waals surface area contributed by atoms with E-state index in [1.165, 1.54) is 23.8 Å². The summed E-state index contributed by atoms with van der Waals surface area (Å²) in [5.41, 5.74) is 1.45. The molecule has 1 heterocycles. The van der Waals surface area contributed by atoms with Gasteiger partial charge in [-0.05, 0) is 65.9 Å². The molecule has 1 aliphatic carbocycles. The second-order valence-corrected chi connectivity index (χ2v) is 8.78. The van der Waals surface area contributed by atoms with Gasteiger partial charge in [0.15, 0.2) is 0 Å². The minimum atomic E-state index is -3.63. The van der Waals surface area contributed by atoms with Crippen molar-refractivity contribution in [2.45, 2.75) is 42.9 Å². The molecule has 0 bridgehead atoms. The van der Waals surface area contributed by atoms with E-state index in [1.54, 1.807) is 18.3 Å². The molecule has 23 heavy (non-hydrogen) atoms. The largest absolute Gasteiger partial charge is 0.240 e. The molecule has 3 nitrogen and oxygen atoms in total. The number of halogens is 1. The van der Waals surface area contributed by atoms with Crippen molar-refractivity contribution < 1.29 is 12.8 Å². The zero-order chi connectivity index (χ0) is 16.5. The standard InChI is InChI=1S/C17H20FNO2S2/c1-13-10-15(4-5-16(13)18)23(20,21)19-12-17(7-2-3-8-17)14-6-9-22-11-14/h4-6,9-11,19H,2-3,7-8,12H2,1H3. The molecule has 0 atom stereocenters. The third kappa shape index (κ3) is 3.34. The molecule has 1 fully saturated rings. The maximum absolute atomic E-state index is 13.4. The van der Waals surface area contributed by atoms with Gasteiger partial charge >= 0.3 is 0 Å². The molecule has 1 aromatic carbocycles. The highest BCUT2D eigenvalue weighted by molar-refractivity contribution is 7.89. The lowest BCUT2D eigenvalue weighted by atomic mass is 9.81. The van der Waals surface area contributed by atoms with E-state index < -0.39 is 15.8 Å². The van der Waals surface area contributed by atoms with E-state index in [9.17, 15) is 12.8 Å². The van der Waals surface area contributed by atoms with Gasteiger partial charge in [0.1, 0.15) is 5.82 Å². The van der Waals surface area contributed by atoms with Crippen LogP contribution in [0.25, 0.3) is 0 Å². The third-order valence-corrected chi connectivity index (χ3v) is 6.82. The van der Waals surface area contributed by atoms with Crippen LogP contribution >= 0.6 is 11.3 Å². The van der Waals surface area contributed by atoms with E-state index in [4.69, 9.17) is 0 Å². The van der Waals surface area contributed by atoms with Crippen molar-refractivity contribution in [2.75, 3.05) is 6.54 Å². The van der Waals surface area contributed by atoms with E-state index >= 15 is 0 Å². The first-order valence-electron chi connectivity index (χ1n) is 7.71. The maximum atomic E-state index is 13.4. The molecular weight excluding hydrogens is 333 g/mol. The molecule has 1 aromatic heterocycles. The van der Waals surface area contributed by atoms with Crippen LogP contribution in [0.3, 0.4) is 0 Å². The summed E-state index contributed by atoms with van der Waals surface area (Å²) in [5.74, 6) is -0.394. The van der Waals surface area contributed by atoms with Crippen LogP contribution in [0.4, 0.5) is 4.39 Å². The molecule has 1 aliphatic rings. The molecule has 2 aromatic rings. The van der Waals surface area contributed by atoms with Crippen LogP contribution in [0, 0.1) is 12.7 Å². The van der Waals surface area contributed by atoms with Gasteiger partial charge in [-0.1, -0.05) is 12.8 Å². The Morgan fingerprint density at radius 1 is 1.26 bits per heavy atom. The van der Waals surface area contributed by atoms with Crippen molar-refractivity contribution >= 4 is 21.4 Å². The molecule has 0 spiro atoms. The lowest BCUT2D eigenvalue weighted by molar-refractivity contribution is 0.433. The van der Waals surface area contributed by atoms with E-state index in [-0.39, 0.29) is 10.3 Å². The van der Waals surface area contributed by atoms with Gasteiger partial charge in [0.05, 0.1) is 4.90 Å². The Bertz CT molecular complexity index is 779. The van der Waals surface area contributed by atoms with Crippen LogP contribution in [-0.4, -0.2) is 15.0 Å². The smallest absolute Gasteiger partial charge is 0.210 e. The molecule has 0 saturated heterocycles. The van der Waals surface area contributed by atoms with Crippen molar-refractivity contribution in [1.82, 2.24) is 4.72 Å². The third-order valence-electron chi connectivity index (χ3n) is 4.73. The van der Waals surface area contributed by atoms with Crippen LogP contribution in [0.5, 0.6) is 0 Å². The predicted molar refractivity (Wildman–Crippen MR) is 90.8 cm³/mol. The Labute approximate surface area is 140 Å². The lowest BCUT2D eigenvalue weighted by Crippen LogP contribution is -2.38. The fourth-order valence-corrected chi connectivity index (χ4v) is 5.28. The SMILES string of the molecule is Cc1cc(S(=O)(=O)NCC2(c3ccsc3)CCCC2)ccc1F. The summed E-state index contributed by atoms with van der Waals surface area (Å²) < 4.78 is 41.2. The molecule has 0 aliphatic heterocycles. The van der Waals surface area contributed by atoms with Crippen molar-refractivity contribution in [3.63, 3.8) is 0 Å². The summed E-state index contributed by atoms with van der Waals surface area (Å²) in [6.07, 6.45) is 4.23. The average Bonchev–Trinajstić information content (AvgIpc) is 3.19. The van der Waals surface area contributed by atoms with Gasteiger partial charge in [-0.3, -0.25) is 0 Å². The highest BCUT2D eigenvalue weighted by Gasteiger charge is 2.37.